The zero-order valence-electron chi connectivity index (χ0n) is 10.8. The summed E-state index contributed by atoms with van der Waals surface area (Å²) in [6.07, 6.45) is 4.71. The SMILES string of the molecule is O=C(O)C[C@@]12CC[C@@H]1CCc1c2[nH]c2ccccc12. The van der Waals surface area contributed by atoms with Gasteiger partial charge >= 0.3 is 5.97 Å². The number of para-hydroxylation sites is 1. The second-order valence-corrected chi connectivity index (χ2v) is 6.03. The number of aromatic amines is 1. The van der Waals surface area contributed by atoms with E-state index in [1.807, 2.05) is 6.07 Å². The Labute approximate surface area is 111 Å². The summed E-state index contributed by atoms with van der Waals surface area (Å²) in [6, 6.07) is 8.34. The topological polar surface area (TPSA) is 53.1 Å². The summed E-state index contributed by atoms with van der Waals surface area (Å²) in [7, 11) is 0. The van der Waals surface area contributed by atoms with Gasteiger partial charge in [0.15, 0.2) is 0 Å². The van der Waals surface area contributed by atoms with E-state index < -0.39 is 5.97 Å². The standard InChI is InChI=1S/C16H17NO2/c18-14(19)9-16-8-7-10(16)5-6-12-11-3-1-2-4-13(11)17-15(12)16/h1-4,10,17H,5-9H2,(H,18,19)/t10-,16-/m0/s1. The molecule has 1 heterocycles. The van der Waals surface area contributed by atoms with Crippen LogP contribution in [0.2, 0.25) is 0 Å². The molecule has 3 heteroatoms. The quantitative estimate of drug-likeness (QED) is 0.865. The van der Waals surface area contributed by atoms with Crippen LogP contribution in [0.1, 0.15) is 36.9 Å². The monoisotopic (exact) mass is 255 g/mol. The predicted octanol–water partition coefficient (Wildman–Crippen LogP) is 3.24. The van der Waals surface area contributed by atoms with Crippen molar-refractivity contribution in [1.29, 1.82) is 0 Å². The van der Waals surface area contributed by atoms with E-state index in [1.165, 1.54) is 23.1 Å². The van der Waals surface area contributed by atoms with Crippen molar-refractivity contribution in [3.05, 3.63) is 35.5 Å². The third-order valence-corrected chi connectivity index (χ3v) is 5.24. The van der Waals surface area contributed by atoms with E-state index in [0.717, 1.165) is 24.8 Å². The van der Waals surface area contributed by atoms with Crippen molar-refractivity contribution in [3.63, 3.8) is 0 Å². The third kappa shape index (κ3) is 1.36. The van der Waals surface area contributed by atoms with Gasteiger partial charge in [-0.05, 0) is 43.2 Å². The van der Waals surface area contributed by atoms with Crippen LogP contribution in [0.4, 0.5) is 0 Å². The largest absolute Gasteiger partial charge is 0.481 e. The molecule has 0 bridgehead atoms. The molecule has 0 spiro atoms. The highest BCUT2D eigenvalue weighted by atomic mass is 16.4. The minimum Gasteiger partial charge on any atom is -0.481 e. The number of aromatic nitrogens is 1. The number of fused-ring (bicyclic) bond motifs is 5. The van der Waals surface area contributed by atoms with Gasteiger partial charge in [0, 0.05) is 22.0 Å². The summed E-state index contributed by atoms with van der Waals surface area (Å²) in [5, 5.41) is 10.6. The number of benzene rings is 1. The molecule has 0 unspecified atom stereocenters. The fourth-order valence-electron chi connectivity index (χ4n) is 4.24. The van der Waals surface area contributed by atoms with Crippen molar-refractivity contribution >= 4 is 16.9 Å². The first-order chi connectivity index (χ1) is 9.21. The van der Waals surface area contributed by atoms with Crippen LogP contribution in [0.15, 0.2) is 24.3 Å². The predicted molar refractivity (Wildman–Crippen MR) is 73.3 cm³/mol. The molecule has 98 valence electrons. The van der Waals surface area contributed by atoms with Gasteiger partial charge in [-0.25, -0.2) is 0 Å². The average Bonchev–Trinajstić information content (AvgIpc) is 2.73. The first-order valence-electron chi connectivity index (χ1n) is 7.02. The van der Waals surface area contributed by atoms with Gasteiger partial charge in [-0.15, -0.1) is 0 Å². The van der Waals surface area contributed by atoms with Gasteiger partial charge in [0.2, 0.25) is 0 Å². The lowest BCUT2D eigenvalue weighted by molar-refractivity contribution is -0.141. The summed E-state index contributed by atoms with van der Waals surface area (Å²) < 4.78 is 0. The molecule has 19 heavy (non-hydrogen) atoms. The van der Waals surface area contributed by atoms with Gasteiger partial charge in [0.05, 0.1) is 6.42 Å². The van der Waals surface area contributed by atoms with Gasteiger partial charge in [0.1, 0.15) is 0 Å². The Morgan fingerprint density at radius 3 is 2.95 bits per heavy atom. The van der Waals surface area contributed by atoms with Crippen molar-refractivity contribution in [3.8, 4) is 0 Å². The lowest BCUT2D eigenvalue weighted by Gasteiger charge is -2.52. The van der Waals surface area contributed by atoms with Gasteiger partial charge < -0.3 is 10.1 Å². The number of carboxylic acids is 1. The van der Waals surface area contributed by atoms with Crippen LogP contribution in [0, 0.1) is 5.92 Å². The molecular formula is C16H17NO2. The number of aliphatic carboxylic acids is 1. The molecule has 2 aliphatic rings. The maximum atomic E-state index is 11.3. The smallest absolute Gasteiger partial charge is 0.304 e. The van der Waals surface area contributed by atoms with E-state index in [9.17, 15) is 9.90 Å². The zero-order chi connectivity index (χ0) is 13.0. The second-order valence-electron chi connectivity index (χ2n) is 6.03. The molecule has 2 N–H and O–H groups in total. The number of aryl methyl sites for hydroxylation is 1. The Morgan fingerprint density at radius 1 is 1.37 bits per heavy atom. The second kappa shape index (κ2) is 3.62. The molecule has 0 radical (unpaired) electrons. The van der Waals surface area contributed by atoms with Crippen molar-refractivity contribution in [2.24, 2.45) is 5.92 Å². The van der Waals surface area contributed by atoms with Gasteiger partial charge in [0.25, 0.3) is 0 Å². The molecule has 1 saturated carbocycles. The number of carboxylic acid groups (broad SMARTS) is 1. The molecule has 2 aliphatic carbocycles. The summed E-state index contributed by atoms with van der Waals surface area (Å²) >= 11 is 0. The molecule has 0 aliphatic heterocycles. The first kappa shape index (κ1) is 11.1. The summed E-state index contributed by atoms with van der Waals surface area (Å²) in [5.74, 6) is -0.111. The van der Waals surface area contributed by atoms with Crippen LogP contribution in [0.25, 0.3) is 10.9 Å². The van der Waals surface area contributed by atoms with Gasteiger partial charge in [-0.1, -0.05) is 18.2 Å². The van der Waals surface area contributed by atoms with Crippen LogP contribution in [-0.2, 0) is 16.6 Å². The number of rotatable bonds is 2. The Morgan fingerprint density at radius 2 is 2.21 bits per heavy atom. The molecular weight excluding hydrogens is 238 g/mol. The van der Waals surface area contributed by atoms with Crippen LogP contribution >= 0.6 is 0 Å². The number of hydrogen-bond acceptors (Lipinski definition) is 1. The number of H-pyrrole nitrogens is 1. The Kier molecular flexibility index (Phi) is 2.12. The van der Waals surface area contributed by atoms with Crippen molar-refractivity contribution in [2.45, 2.75) is 37.5 Å². The highest BCUT2D eigenvalue weighted by Crippen LogP contribution is 2.57. The minimum atomic E-state index is -0.670. The molecule has 0 saturated heterocycles. The molecule has 1 aromatic heterocycles. The lowest BCUT2D eigenvalue weighted by atomic mass is 9.52. The maximum Gasteiger partial charge on any atom is 0.304 e. The van der Waals surface area contributed by atoms with Crippen molar-refractivity contribution in [1.82, 2.24) is 4.98 Å². The minimum absolute atomic E-state index is 0.113. The number of carbonyl (C=O) groups is 1. The number of nitrogens with one attached hydrogen (secondary N) is 1. The molecule has 2 atom stereocenters. The maximum absolute atomic E-state index is 11.3. The van der Waals surface area contributed by atoms with E-state index >= 15 is 0 Å². The third-order valence-electron chi connectivity index (χ3n) is 5.24. The summed E-state index contributed by atoms with van der Waals surface area (Å²) in [6.45, 7) is 0. The van der Waals surface area contributed by atoms with Crippen LogP contribution in [0.5, 0.6) is 0 Å². The average molecular weight is 255 g/mol. The van der Waals surface area contributed by atoms with Crippen LogP contribution in [-0.4, -0.2) is 16.1 Å². The van der Waals surface area contributed by atoms with E-state index in [-0.39, 0.29) is 11.8 Å². The van der Waals surface area contributed by atoms with Crippen LogP contribution < -0.4 is 0 Å². The molecule has 4 rings (SSSR count). The number of hydrogen-bond donors (Lipinski definition) is 2. The zero-order valence-corrected chi connectivity index (χ0v) is 10.8. The molecule has 1 aromatic carbocycles. The van der Waals surface area contributed by atoms with Gasteiger partial charge in [-0.2, -0.15) is 0 Å². The Balaban J connectivity index is 1.93. The van der Waals surface area contributed by atoms with Crippen molar-refractivity contribution in [2.75, 3.05) is 0 Å². The van der Waals surface area contributed by atoms with Crippen LogP contribution in [0.3, 0.4) is 0 Å². The van der Waals surface area contributed by atoms with E-state index in [4.69, 9.17) is 0 Å². The summed E-state index contributed by atoms with van der Waals surface area (Å²) in [5.41, 5.74) is 3.63. The Bertz CT molecular complexity index is 672. The molecule has 0 amide bonds. The molecule has 3 nitrogen and oxygen atoms in total. The highest BCUT2D eigenvalue weighted by molar-refractivity contribution is 5.86. The normalized spacial score (nSPS) is 28.5. The van der Waals surface area contributed by atoms with Gasteiger partial charge in [-0.3, -0.25) is 4.79 Å². The first-order valence-corrected chi connectivity index (χ1v) is 7.02. The van der Waals surface area contributed by atoms with E-state index in [2.05, 4.69) is 23.2 Å². The lowest BCUT2D eigenvalue weighted by Crippen LogP contribution is -2.49. The van der Waals surface area contributed by atoms with E-state index in [1.54, 1.807) is 0 Å². The Hall–Kier alpha value is -1.77. The fraction of sp³-hybridized carbons (Fsp3) is 0.438. The highest BCUT2D eigenvalue weighted by Gasteiger charge is 2.53. The molecule has 2 aromatic rings. The summed E-state index contributed by atoms with van der Waals surface area (Å²) in [4.78, 5) is 14.8. The van der Waals surface area contributed by atoms with E-state index in [0.29, 0.717) is 5.92 Å². The fourth-order valence-corrected chi connectivity index (χ4v) is 4.24. The van der Waals surface area contributed by atoms with Crippen molar-refractivity contribution < 1.29 is 9.90 Å². The molecule has 1 fully saturated rings.